The van der Waals surface area contributed by atoms with Crippen LogP contribution in [0.5, 0.6) is 5.75 Å². The molecule has 1 fully saturated rings. The summed E-state index contributed by atoms with van der Waals surface area (Å²) in [5.41, 5.74) is 2.72. The maximum Gasteiger partial charge on any atom is 0.329 e. The summed E-state index contributed by atoms with van der Waals surface area (Å²) in [7, 11) is 1.64. The van der Waals surface area contributed by atoms with Gasteiger partial charge in [0, 0.05) is 12.1 Å². The van der Waals surface area contributed by atoms with Gasteiger partial charge in [-0.25, -0.2) is 4.79 Å². The van der Waals surface area contributed by atoms with Crippen molar-refractivity contribution in [3.05, 3.63) is 102 Å². The van der Waals surface area contributed by atoms with Crippen molar-refractivity contribution in [2.75, 3.05) is 13.7 Å². The van der Waals surface area contributed by atoms with Crippen LogP contribution in [-0.2, 0) is 27.2 Å². The van der Waals surface area contributed by atoms with E-state index in [0.29, 0.717) is 24.9 Å². The fraction of sp³-hybridized carbons (Fsp3) is 0.364. The van der Waals surface area contributed by atoms with Gasteiger partial charge >= 0.3 is 5.97 Å². The Hall–Kier alpha value is -3.93. The molecule has 1 amide bonds. The highest BCUT2D eigenvalue weighted by Gasteiger charge is 2.37. The Bertz CT molecular complexity index is 1210. The molecule has 0 aliphatic carbocycles. The van der Waals surface area contributed by atoms with Gasteiger partial charge in [0.2, 0.25) is 5.78 Å². The Morgan fingerprint density at radius 2 is 1.49 bits per heavy atom. The van der Waals surface area contributed by atoms with Gasteiger partial charge in [0.25, 0.3) is 5.91 Å². The van der Waals surface area contributed by atoms with Gasteiger partial charge in [-0.05, 0) is 74.6 Å². The number of aryl methyl sites for hydroxylation is 2. The molecule has 0 spiro atoms. The number of ketones is 1. The number of amides is 1. The monoisotopic (exact) mass is 527 g/mol. The number of likely N-dealkylation sites (tertiary alicyclic amines) is 1. The Balaban J connectivity index is 1.42. The second-order valence-corrected chi connectivity index (χ2v) is 10.0. The van der Waals surface area contributed by atoms with Gasteiger partial charge in [0.05, 0.1) is 7.11 Å². The van der Waals surface area contributed by atoms with Crippen molar-refractivity contribution in [1.29, 1.82) is 0 Å². The molecule has 0 radical (unpaired) electrons. The van der Waals surface area contributed by atoms with Crippen molar-refractivity contribution in [1.82, 2.24) is 4.90 Å². The van der Waals surface area contributed by atoms with E-state index in [0.717, 1.165) is 49.8 Å². The lowest BCUT2D eigenvalue weighted by molar-refractivity contribution is -0.160. The normalized spacial score (nSPS) is 15.8. The summed E-state index contributed by atoms with van der Waals surface area (Å²) in [6.45, 7) is 0.377. The highest BCUT2D eigenvalue weighted by Crippen LogP contribution is 2.23. The number of carbonyl (C=O) groups is 3. The largest absolute Gasteiger partial charge is 0.497 e. The number of ether oxygens (including phenoxy) is 2. The molecule has 0 saturated carbocycles. The lowest BCUT2D eigenvalue weighted by Gasteiger charge is -2.34. The van der Waals surface area contributed by atoms with Crippen molar-refractivity contribution in [2.24, 2.45) is 0 Å². The van der Waals surface area contributed by atoms with Crippen LogP contribution in [-0.4, -0.2) is 48.4 Å². The summed E-state index contributed by atoms with van der Waals surface area (Å²) in [5, 5.41) is 0. The first-order valence-electron chi connectivity index (χ1n) is 13.8. The molecule has 2 atom stereocenters. The van der Waals surface area contributed by atoms with Gasteiger partial charge in [-0.3, -0.25) is 9.59 Å². The van der Waals surface area contributed by atoms with E-state index >= 15 is 0 Å². The fourth-order valence-electron chi connectivity index (χ4n) is 5.07. The first-order chi connectivity index (χ1) is 19.0. The SMILES string of the molecule is COc1ccc(CCC(CCCc2ccccc2)OC(=O)C2CCCCN2C(=O)C(=O)c2ccccc2)cc1. The Kier molecular flexibility index (Phi) is 10.3. The Labute approximate surface area is 230 Å². The summed E-state index contributed by atoms with van der Waals surface area (Å²) in [4.78, 5) is 40.9. The van der Waals surface area contributed by atoms with E-state index in [9.17, 15) is 14.4 Å². The van der Waals surface area contributed by atoms with Gasteiger partial charge in [-0.2, -0.15) is 0 Å². The fourth-order valence-corrected chi connectivity index (χ4v) is 5.07. The van der Waals surface area contributed by atoms with Gasteiger partial charge in [0.1, 0.15) is 17.9 Å². The minimum atomic E-state index is -0.739. The number of hydrogen-bond acceptors (Lipinski definition) is 5. The predicted octanol–water partition coefficient (Wildman–Crippen LogP) is 5.83. The third-order valence-electron chi connectivity index (χ3n) is 7.30. The van der Waals surface area contributed by atoms with Crippen molar-refractivity contribution in [3.8, 4) is 5.75 Å². The summed E-state index contributed by atoms with van der Waals surface area (Å²) in [6, 6.07) is 25.9. The second kappa shape index (κ2) is 14.3. The maximum atomic E-state index is 13.5. The number of methoxy groups -OCH3 is 1. The molecular weight excluding hydrogens is 490 g/mol. The zero-order valence-electron chi connectivity index (χ0n) is 22.6. The molecule has 1 aliphatic heterocycles. The number of carbonyl (C=O) groups excluding carboxylic acids is 3. The van der Waals surface area contributed by atoms with E-state index in [1.165, 1.54) is 10.5 Å². The number of hydrogen-bond donors (Lipinski definition) is 0. The summed E-state index contributed by atoms with van der Waals surface area (Å²) in [6.07, 6.45) is 5.73. The molecule has 2 unspecified atom stereocenters. The van der Waals surface area contributed by atoms with E-state index < -0.39 is 23.7 Å². The number of esters is 1. The standard InChI is InChI=1S/C33H37NO5/c1-38-28-21-18-26(19-22-28)20-23-29(16-10-13-25-11-4-2-5-12-25)39-33(37)30-17-8-9-24-34(30)32(36)31(35)27-14-6-3-7-15-27/h2-7,11-12,14-15,18-19,21-22,29-30H,8-10,13,16-17,20,23-24H2,1H3. The molecule has 3 aromatic carbocycles. The zero-order valence-corrected chi connectivity index (χ0v) is 22.6. The van der Waals surface area contributed by atoms with Crippen molar-refractivity contribution in [3.63, 3.8) is 0 Å². The third-order valence-corrected chi connectivity index (χ3v) is 7.30. The molecule has 6 heteroatoms. The van der Waals surface area contributed by atoms with E-state index in [-0.39, 0.29) is 6.10 Å². The van der Waals surface area contributed by atoms with Crippen LogP contribution >= 0.6 is 0 Å². The quantitative estimate of drug-likeness (QED) is 0.168. The Morgan fingerprint density at radius 3 is 2.18 bits per heavy atom. The van der Waals surface area contributed by atoms with Crippen LogP contribution < -0.4 is 4.74 Å². The summed E-state index contributed by atoms with van der Waals surface area (Å²) < 4.78 is 11.4. The average Bonchev–Trinajstić information content (AvgIpc) is 3.00. The number of rotatable bonds is 12. The minimum Gasteiger partial charge on any atom is -0.497 e. The van der Waals surface area contributed by atoms with Crippen LogP contribution in [0.25, 0.3) is 0 Å². The molecule has 1 saturated heterocycles. The van der Waals surface area contributed by atoms with Crippen LogP contribution in [0, 0.1) is 0 Å². The summed E-state index contributed by atoms with van der Waals surface area (Å²) in [5.74, 6) is -0.837. The predicted molar refractivity (Wildman–Crippen MR) is 151 cm³/mol. The number of nitrogens with zero attached hydrogens (tertiary/aromatic N) is 1. The first kappa shape index (κ1) is 28.1. The lowest BCUT2D eigenvalue weighted by Crippen LogP contribution is -2.51. The molecule has 1 aliphatic rings. The van der Waals surface area contributed by atoms with Crippen LogP contribution in [0.15, 0.2) is 84.9 Å². The van der Waals surface area contributed by atoms with Gasteiger partial charge < -0.3 is 14.4 Å². The highest BCUT2D eigenvalue weighted by atomic mass is 16.5. The molecule has 39 heavy (non-hydrogen) atoms. The van der Waals surface area contributed by atoms with Gasteiger partial charge in [-0.1, -0.05) is 72.8 Å². The summed E-state index contributed by atoms with van der Waals surface area (Å²) >= 11 is 0. The van der Waals surface area contributed by atoms with Crippen molar-refractivity contribution >= 4 is 17.7 Å². The molecular formula is C33H37NO5. The molecule has 0 N–H and O–H groups in total. The van der Waals surface area contributed by atoms with E-state index in [1.54, 1.807) is 37.4 Å². The zero-order chi connectivity index (χ0) is 27.5. The molecule has 3 aromatic rings. The molecule has 1 heterocycles. The molecule has 4 rings (SSSR count). The third kappa shape index (κ3) is 8.03. The average molecular weight is 528 g/mol. The molecule has 6 nitrogen and oxygen atoms in total. The van der Waals surface area contributed by atoms with E-state index in [1.807, 2.05) is 42.5 Å². The van der Waals surface area contributed by atoms with Crippen molar-refractivity contribution < 1.29 is 23.9 Å². The second-order valence-electron chi connectivity index (χ2n) is 10.0. The molecule has 0 bridgehead atoms. The lowest BCUT2D eigenvalue weighted by atomic mass is 9.99. The van der Waals surface area contributed by atoms with Crippen molar-refractivity contribution in [2.45, 2.75) is 63.5 Å². The van der Waals surface area contributed by atoms with E-state index in [2.05, 4.69) is 12.1 Å². The number of benzene rings is 3. The first-order valence-corrected chi connectivity index (χ1v) is 13.8. The highest BCUT2D eigenvalue weighted by molar-refractivity contribution is 6.43. The molecule has 0 aromatic heterocycles. The van der Waals surface area contributed by atoms with Crippen LogP contribution in [0.4, 0.5) is 0 Å². The topological polar surface area (TPSA) is 72.9 Å². The van der Waals surface area contributed by atoms with Crippen LogP contribution in [0.1, 0.15) is 60.0 Å². The number of Topliss-reactive ketones (excluding diaryl/α,β-unsaturated/α-hetero) is 1. The van der Waals surface area contributed by atoms with Crippen LogP contribution in [0.3, 0.4) is 0 Å². The van der Waals surface area contributed by atoms with Crippen LogP contribution in [0.2, 0.25) is 0 Å². The number of piperidine rings is 1. The maximum absolute atomic E-state index is 13.5. The minimum absolute atomic E-state index is 0.285. The smallest absolute Gasteiger partial charge is 0.329 e. The molecule has 204 valence electrons. The van der Waals surface area contributed by atoms with E-state index in [4.69, 9.17) is 9.47 Å². The Morgan fingerprint density at radius 1 is 0.821 bits per heavy atom. The van der Waals surface area contributed by atoms with Gasteiger partial charge in [-0.15, -0.1) is 0 Å². The van der Waals surface area contributed by atoms with Gasteiger partial charge in [0.15, 0.2) is 0 Å².